The standard InChI is InChI=1S/C16H25N3O2.ClH/c1-2-14(12-20)18-8-10-19(11-9-18)16(21)15(17)13-6-4-3-5-7-13;/h3-7,14-15,20H,2,8-12,17H2,1H3;1H. The van der Waals surface area contributed by atoms with Crippen molar-refractivity contribution in [2.45, 2.75) is 25.4 Å². The number of halogens is 1. The Morgan fingerprint density at radius 1 is 1.23 bits per heavy atom. The molecule has 1 aliphatic heterocycles. The van der Waals surface area contributed by atoms with Gasteiger partial charge in [-0.2, -0.15) is 0 Å². The lowest BCUT2D eigenvalue weighted by Gasteiger charge is -2.39. The average molecular weight is 328 g/mol. The van der Waals surface area contributed by atoms with Crippen molar-refractivity contribution in [2.75, 3.05) is 32.8 Å². The lowest BCUT2D eigenvalue weighted by atomic mass is 10.1. The van der Waals surface area contributed by atoms with E-state index in [0.717, 1.165) is 25.1 Å². The summed E-state index contributed by atoms with van der Waals surface area (Å²) in [6.07, 6.45) is 0.925. The van der Waals surface area contributed by atoms with Crippen LogP contribution < -0.4 is 5.73 Å². The number of carbonyl (C=O) groups excluding carboxylic acids is 1. The summed E-state index contributed by atoms with van der Waals surface area (Å²) in [7, 11) is 0. The Hall–Kier alpha value is -1.14. The van der Waals surface area contributed by atoms with Crippen LogP contribution in [0.3, 0.4) is 0 Å². The van der Waals surface area contributed by atoms with Crippen molar-refractivity contribution < 1.29 is 9.90 Å². The minimum absolute atomic E-state index is 0. The third-order valence-corrected chi connectivity index (χ3v) is 4.25. The Balaban J connectivity index is 0.00000242. The summed E-state index contributed by atoms with van der Waals surface area (Å²) in [6, 6.07) is 9.10. The number of hydrogen-bond donors (Lipinski definition) is 2. The third-order valence-electron chi connectivity index (χ3n) is 4.25. The van der Waals surface area contributed by atoms with Crippen LogP contribution in [0.15, 0.2) is 30.3 Å². The average Bonchev–Trinajstić information content (AvgIpc) is 2.56. The van der Waals surface area contributed by atoms with Crippen LogP contribution in [-0.4, -0.2) is 59.6 Å². The number of aliphatic hydroxyl groups is 1. The zero-order chi connectivity index (χ0) is 15.2. The minimum Gasteiger partial charge on any atom is -0.395 e. The Kier molecular flexibility index (Phi) is 7.82. The maximum atomic E-state index is 12.4. The first-order valence-corrected chi connectivity index (χ1v) is 7.61. The largest absolute Gasteiger partial charge is 0.395 e. The molecule has 1 saturated heterocycles. The first-order chi connectivity index (χ1) is 10.2. The highest BCUT2D eigenvalue weighted by atomic mass is 35.5. The van der Waals surface area contributed by atoms with Crippen LogP contribution in [0.4, 0.5) is 0 Å². The summed E-state index contributed by atoms with van der Waals surface area (Å²) >= 11 is 0. The fraction of sp³-hybridized carbons (Fsp3) is 0.562. The molecule has 3 N–H and O–H groups in total. The van der Waals surface area contributed by atoms with Crippen molar-refractivity contribution in [1.29, 1.82) is 0 Å². The molecule has 1 heterocycles. The summed E-state index contributed by atoms with van der Waals surface area (Å²) in [5.74, 6) is -0.0158. The van der Waals surface area contributed by atoms with Crippen molar-refractivity contribution in [3.63, 3.8) is 0 Å². The van der Waals surface area contributed by atoms with Gasteiger partial charge in [0.05, 0.1) is 6.61 Å². The minimum atomic E-state index is -0.586. The van der Waals surface area contributed by atoms with E-state index in [1.807, 2.05) is 35.2 Å². The van der Waals surface area contributed by atoms with Crippen LogP contribution in [0.5, 0.6) is 0 Å². The van der Waals surface area contributed by atoms with E-state index >= 15 is 0 Å². The molecule has 22 heavy (non-hydrogen) atoms. The van der Waals surface area contributed by atoms with Gasteiger partial charge in [0.25, 0.3) is 0 Å². The molecule has 0 saturated carbocycles. The number of nitrogens with zero attached hydrogens (tertiary/aromatic N) is 2. The lowest BCUT2D eigenvalue weighted by Crippen LogP contribution is -2.54. The van der Waals surface area contributed by atoms with Gasteiger partial charge < -0.3 is 15.7 Å². The van der Waals surface area contributed by atoms with Gasteiger partial charge >= 0.3 is 0 Å². The highest BCUT2D eigenvalue weighted by molar-refractivity contribution is 5.85. The Bertz CT molecular complexity index is 446. The second-order valence-corrected chi connectivity index (χ2v) is 5.49. The molecule has 2 rings (SSSR count). The molecule has 2 atom stereocenters. The summed E-state index contributed by atoms with van der Waals surface area (Å²) in [6.45, 7) is 5.20. The number of nitrogens with two attached hydrogens (primary N) is 1. The van der Waals surface area contributed by atoms with Crippen molar-refractivity contribution >= 4 is 18.3 Å². The Labute approximate surface area is 138 Å². The number of aliphatic hydroxyl groups excluding tert-OH is 1. The van der Waals surface area contributed by atoms with Crippen molar-refractivity contribution in [3.8, 4) is 0 Å². The monoisotopic (exact) mass is 327 g/mol. The molecule has 6 heteroatoms. The van der Waals surface area contributed by atoms with E-state index in [1.54, 1.807) is 0 Å². The molecule has 1 fully saturated rings. The lowest BCUT2D eigenvalue weighted by molar-refractivity contribution is -0.135. The maximum absolute atomic E-state index is 12.4. The first-order valence-electron chi connectivity index (χ1n) is 7.61. The van der Waals surface area contributed by atoms with Crippen molar-refractivity contribution in [2.24, 2.45) is 5.73 Å². The van der Waals surface area contributed by atoms with Crippen LogP contribution in [0.25, 0.3) is 0 Å². The first kappa shape index (κ1) is 18.9. The molecule has 1 aromatic rings. The zero-order valence-electron chi connectivity index (χ0n) is 13.0. The summed E-state index contributed by atoms with van der Waals surface area (Å²) in [5, 5.41) is 9.35. The zero-order valence-corrected chi connectivity index (χ0v) is 13.8. The molecule has 0 aromatic heterocycles. The van der Waals surface area contributed by atoms with Gasteiger partial charge in [0, 0.05) is 32.2 Å². The van der Waals surface area contributed by atoms with Crippen LogP contribution >= 0.6 is 12.4 Å². The van der Waals surface area contributed by atoms with Crippen LogP contribution in [0, 0.1) is 0 Å². The third kappa shape index (κ3) is 4.43. The molecular formula is C16H26ClN3O2. The SMILES string of the molecule is CCC(CO)N1CCN(C(=O)C(N)c2ccccc2)CC1.Cl. The molecule has 1 amide bonds. The van der Waals surface area contributed by atoms with Crippen LogP contribution in [0.1, 0.15) is 24.9 Å². The van der Waals surface area contributed by atoms with E-state index in [2.05, 4.69) is 11.8 Å². The quantitative estimate of drug-likeness (QED) is 0.847. The molecule has 1 aromatic carbocycles. The Morgan fingerprint density at radius 3 is 2.32 bits per heavy atom. The number of benzene rings is 1. The maximum Gasteiger partial charge on any atom is 0.244 e. The molecule has 0 aliphatic carbocycles. The second-order valence-electron chi connectivity index (χ2n) is 5.49. The number of piperazine rings is 1. The van der Waals surface area contributed by atoms with Gasteiger partial charge in [0.15, 0.2) is 0 Å². The van der Waals surface area contributed by atoms with Crippen molar-refractivity contribution in [1.82, 2.24) is 9.80 Å². The summed E-state index contributed by atoms with van der Waals surface area (Å²) < 4.78 is 0. The van der Waals surface area contributed by atoms with Crippen molar-refractivity contribution in [3.05, 3.63) is 35.9 Å². The van der Waals surface area contributed by atoms with Gasteiger partial charge in [0.1, 0.15) is 6.04 Å². The van der Waals surface area contributed by atoms with Gasteiger partial charge in [-0.15, -0.1) is 12.4 Å². The smallest absolute Gasteiger partial charge is 0.244 e. The summed E-state index contributed by atoms with van der Waals surface area (Å²) in [5.41, 5.74) is 6.92. The number of rotatable bonds is 5. The molecular weight excluding hydrogens is 302 g/mol. The molecule has 0 radical (unpaired) electrons. The fourth-order valence-electron chi connectivity index (χ4n) is 2.81. The fourth-order valence-corrected chi connectivity index (χ4v) is 2.81. The molecule has 0 bridgehead atoms. The van der Waals surface area contributed by atoms with Gasteiger partial charge in [-0.25, -0.2) is 0 Å². The predicted molar refractivity (Wildman–Crippen MR) is 89.9 cm³/mol. The molecule has 0 spiro atoms. The molecule has 2 unspecified atom stereocenters. The predicted octanol–water partition coefficient (Wildman–Crippen LogP) is 1.02. The van der Waals surface area contributed by atoms with Gasteiger partial charge in [-0.1, -0.05) is 37.3 Å². The topological polar surface area (TPSA) is 69.8 Å². The van der Waals surface area contributed by atoms with E-state index in [-0.39, 0.29) is 31.0 Å². The van der Waals surface area contributed by atoms with Gasteiger partial charge in [-0.05, 0) is 12.0 Å². The van der Waals surface area contributed by atoms with Crippen LogP contribution in [-0.2, 0) is 4.79 Å². The number of hydrogen-bond acceptors (Lipinski definition) is 4. The van der Waals surface area contributed by atoms with E-state index in [0.29, 0.717) is 13.1 Å². The molecule has 124 valence electrons. The number of amides is 1. The van der Waals surface area contributed by atoms with E-state index in [9.17, 15) is 9.90 Å². The van der Waals surface area contributed by atoms with Gasteiger partial charge in [-0.3, -0.25) is 9.69 Å². The highest BCUT2D eigenvalue weighted by Gasteiger charge is 2.28. The highest BCUT2D eigenvalue weighted by Crippen LogP contribution is 2.15. The second kappa shape index (κ2) is 9.10. The molecule has 5 nitrogen and oxygen atoms in total. The molecule has 1 aliphatic rings. The normalized spacial score (nSPS) is 18.4. The number of carbonyl (C=O) groups is 1. The van der Waals surface area contributed by atoms with E-state index in [4.69, 9.17) is 5.73 Å². The Morgan fingerprint density at radius 2 is 1.82 bits per heavy atom. The van der Waals surface area contributed by atoms with E-state index in [1.165, 1.54) is 0 Å². The van der Waals surface area contributed by atoms with E-state index < -0.39 is 6.04 Å². The summed E-state index contributed by atoms with van der Waals surface area (Å²) in [4.78, 5) is 16.5. The van der Waals surface area contributed by atoms with Crippen LogP contribution in [0.2, 0.25) is 0 Å². The van der Waals surface area contributed by atoms with Gasteiger partial charge in [0.2, 0.25) is 5.91 Å².